The van der Waals surface area contributed by atoms with Gasteiger partial charge in [-0.05, 0) is 25.2 Å². The molecule has 19 heavy (non-hydrogen) atoms. The first-order valence-electron chi connectivity index (χ1n) is 4.14. The van der Waals surface area contributed by atoms with Crippen LogP contribution in [0.15, 0.2) is 30.3 Å². The van der Waals surface area contributed by atoms with Gasteiger partial charge in [0.2, 0.25) is 0 Å². The van der Waals surface area contributed by atoms with Crippen molar-refractivity contribution >= 4 is 9.04 Å². The molecule has 1 aromatic rings. The Balaban J connectivity index is -0.0000000628. The van der Waals surface area contributed by atoms with E-state index in [2.05, 4.69) is 39.7 Å². The Bertz CT molecular complexity index is 308. The van der Waals surface area contributed by atoms with Gasteiger partial charge in [0.25, 0.3) is 9.04 Å². The minimum atomic E-state index is -0.587. The van der Waals surface area contributed by atoms with Crippen molar-refractivity contribution < 1.29 is 40.1 Å². The quantitative estimate of drug-likeness (QED) is 0.467. The van der Waals surface area contributed by atoms with Crippen LogP contribution >= 0.6 is 0 Å². The number of hydrogen-bond donors (Lipinski definition) is 0. The van der Waals surface area contributed by atoms with E-state index in [1.54, 1.807) is 0 Å². The van der Waals surface area contributed by atoms with E-state index in [0.717, 1.165) is 5.75 Å². The molecule has 0 unspecified atom stereocenters. The zero-order valence-corrected chi connectivity index (χ0v) is 12.4. The monoisotopic (exact) mass is 319 g/mol. The summed E-state index contributed by atoms with van der Waals surface area (Å²) < 4.78 is 35.5. The van der Waals surface area contributed by atoms with Gasteiger partial charge in [0.05, 0.1) is 0 Å². The molecule has 1 radical (unpaired) electrons. The van der Waals surface area contributed by atoms with Gasteiger partial charge in [0.1, 0.15) is 5.75 Å². The van der Waals surface area contributed by atoms with Gasteiger partial charge in [-0.1, -0.05) is 18.2 Å². The summed E-state index contributed by atoms with van der Waals surface area (Å²) in [5.41, 5.74) is 0. The second-order valence-corrected chi connectivity index (χ2v) is 4.34. The maximum absolute atomic E-state index is 7.50. The molecule has 0 aliphatic carbocycles. The van der Waals surface area contributed by atoms with Gasteiger partial charge in [-0.15, -0.1) is 0 Å². The van der Waals surface area contributed by atoms with Crippen LogP contribution in [0.2, 0.25) is 13.1 Å². The van der Waals surface area contributed by atoms with Gasteiger partial charge >= 0.3 is 45.2 Å². The van der Waals surface area contributed by atoms with Crippen molar-refractivity contribution in [3.63, 3.8) is 0 Å². The van der Waals surface area contributed by atoms with E-state index < -0.39 is 9.04 Å². The molecule has 5 nitrogen and oxygen atoms in total. The Kier molecular flexibility index (Phi) is 57.9. The maximum Gasteiger partial charge on any atom is 0 e. The molecule has 0 atom stereocenters. The fourth-order valence-electron chi connectivity index (χ4n) is 0.724. The normalized spacial score (nSPS) is 5.63. The van der Waals surface area contributed by atoms with Gasteiger partial charge in [0.15, 0.2) is 0 Å². The van der Waals surface area contributed by atoms with Crippen molar-refractivity contribution in [1.29, 1.82) is 0 Å². The zero-order chi connectivity index (χ0) is 15.4. The van der Waals surface area contributed by atoms with Gasteiger partial charge < -0.3 is 4.43 Å². The second kappa shape index (κ2) is 36.0. The average Bonchev–Trinajstić information content (AvgIpc) is 2.48. The van der Waals surface area contributed by atoms with Crippen LogP contribution in [0.25, 0.3) is 0 Å². The first-order valence-corrected chi connectivity index (χ1v) is 6.54. The van der Waals surface area contributed by atoms with Crippen molar-refractivity contribution in [1.82, 2.24) is 0 Å². The molecule has 0 saturated heterocycles. The molecule has 101 valence electrons. The zero-order valence-electron chi connectivity index (χ0n) is 10.3. The third kappa shape index (κ3) is 31.5. The van der Waals surface area contributed by atoms with Gasteiger partial charge in [0, 0.05) is 17.1 Å². The Labute approximate surface area is 125 Å². The first kappa shape index (κ1) is 30.6. The summed E-state index contributed by atoms with van der Waals surface area (Å²) in [5.74, 6) is 0.987. The van der Waals surface area contributed by atoms with E-state index in [-0.39, 0.29) is 17.1 Å². The minimum Gasteiger partial charge on any atom is 0 e. The third-order valence-electron chi connectivity index (χ3n) is 1.07. The molecule has 7 heteroatoms. The second-order valence-electron chi connectivity index (χ2n) is 2.32. The molecule has 0 aromatic heterocycles. The molecule has 0 saturated carbocycles. The van der Waals surface area contributed by atoms with E-state index in [1.165, 1.54) is 0 Å². The fraction of sp³-hybridized carbons (Fsp3) is 0.167. The number of rotatable bonds is 2. The van der Waals surface area contributed by atoms with E-state index in [1.807, 2.05) is 30.3 Å². The molecule has 1 rings (SSSR count). The van der Waals surface area contributed by atoms with E-state index >= 15 is 0 Å². The van der Waals surface area contributed by atoms with Crippen LogP contribution in [0, 0.1) is 26.6 Å². The molecule has 0 bridgehead atoms. The van der Waals surface area contributed by atoms with Crippen LogP contribution in [-0.4, -0.2) is 9.04 Å². The molecule has 0 heterocycles. The first-order chi connectivity index (χ1) is 8.79. The smallest absolute Gasteiger partial charge is 0 e. The Morgan fingerprint density at radius 3 is 1.37 bits per heavy atom. The number of para-hydroxylation sites is 1. The van der Waals surface area contributed by atoms with Gasteiger partial charge in [-0.25, -0.2) is 0 Å². The molecule has 0 N–H and O–H groups in total. The summed E-state index contributed by atoms with van der Waals surface area (Å²) in [7, 11) is -0.587. The molecule has 0 aliphatic heterocycles. The summed E-state index contributed by atoms with van der Waals surface area (Å²) in [6.45, 7) is 22.2. The summed E-state index contributed by atoms with van der Waals surface area (Å²) >= 11 is 0. The molecular weight excluding hydrogens is 308 g/mol. The van der Waals surface area contributed by atoms with Crippen molar-refractivity contribution in [2.45, 2.75) is 13.1 Å². The fourth-order valence-corrected chi connectivity index (χ4v) is 1.33. The molecule has 0 fully saturated rings. The summed E-state index contributed by atoms with van der Waals surface area (Å²) in [6, 6.07) is 9.93. The van der Waals surface area contributed by atoms with E-state index in [0.29, 0.717) is 0 Å². The molecule has 1 aromatic carbocycles. The standard InChI is InChI=1S/C8H11OSi.4CO.Fe/c1-10(2)9-8-6-4-3-5-7-8;4*1-2;/h3-7H,1-2H3;;;;;. The van der Waals surface area contributed by atoms with Crippen molar-refractivity contribution in [3.8, 4) is 5.75 Å². The van der Waals surface area contributed by atoms with Crippen LogP contribution in [-0.2, 0) is 35.7 Å². The Morgan fingerprint density at radius 2 is 1.11 bits per heavy atom. The SMILES string of the molecule is C[Si](C)Oc1ccccc1.[C-]#[O+].[C-]#[O+].[C-]#[O+].[C-]#[O+].[Fe]. The van der Waals surface area contributed by atoms with Crippen molar-refractivity contribution in [3.05, 3.63) is 56.9 Å². The topological polar surface area (TPSA) is 88.8 Å². The Morgan fingerprint density at radius 1 is 0.789 bits per heavy atom. The minimum absolute atomic E-state index is 0. The van der Waals surface area contributed by atoms with Crippen LogP contribution in [0.5, 0.6) is 5.75 Å². The van der Waals surface area contributed by atoms with E-state index in [4.69, 9.17) is 23.0 Å². The number of hydrogen-bond acceptors (Lipinski definition) is 1. The van der Waals surface area contributed by atoms with Crippen LogP contribution in [0.4, 0.5) is 0 Å². The van der Waals surface area contributed by atoms with Crippen LogP contribution < -0.4 is 4.43 Å². The van der Waals surface area contributed by atoms with Crippen LogP contribution in [0.1, 0.15) is 0 Å². The summed E-state index contributed by atoms with van der Waals surface area (Å²) in [4.78, 5) is 0. The van der Waals surface area contributed by atoms with E-state index in [9.17, 15) is 0 Å². The average molecular weight is 319 g/mol. The van der Waals surface area contributed by atoms with Gasteiger partial charge in [-0.2, -0.15) is 0 Å². The number of benzene rings is 1. The molecule has 0 aliphatic rings. The molecule has 0 spiro atoms. The summed E-state index contributed by atoms with van der Waals surface area (Å²) in [5, 5.41) is 0. The largest absolute Gasteiger partial charge is 0 e. The van der Waals surface area contributed by atoms with Crippen LogP contribution in [0.3, 0.4) is 0 Å². The van der Waals surface area contributed by atoms with Crippen molar-refractivity contribution in [2.75, 3.05) is 0 Å². The third-order valence-corrected chi connectivity index (χ3v) is 1.71. The predicted molar refractivity (Wildman–Crippen MR) is 60.3 cm³/mol. The summed E-state index contributed by atoms with van der Waals surface area (Å²) in [6.07, 6.45) is 0. The van der Waals surface area contributed by atoms with Crippen molar-refractivity contribution in [2.24, 2.45) is 0 Å². The maximum atomic E-state index is 7.50. The molecular formula is C12H11FeO5Si. The predicted octanol–water partition coefficient (Wildman–Crippen LogP) is 2.16. The molecule has 0 amide bonds. The van der Waals surface area contributed by atoms with Gasteiger partial charge in [-0.3, -0.25) is 0 Å². The Hall–Kier alpha value is -1.28.